The first-order valence-electron chi connectivity index (χ1n) is 7.81. The number of benzene rings is 1. The molecule has 3 atom stereocenters. The molecular formula is C17H25ClN2. The first-order valence-corrected chi connectivity index (χ1v) is 8.19. The van der Waals surface area contributed by atoms with Gasteiger partial charge in [-0.05, 0) is 69.8 Å². The van der Waals surface area contributed by atoms with Gasteiger partial charge in [0.2, 0.25) is 0 Å². The Kier molecular flexibility index (Phi) is 4.34. The van der Waals surface area contributed by atoms with Crippen molar-refractivity contribution in [3.05, 3.63) is 34.9 Å². The average Bonchev–Trinajstić information content (AvgIpc) is 2.66. The van der Waals surface area contributed by atoms with Gasteiger partial charge in [-0.3, -0.25) is 0 Å². The number of fused-ring (bicyclic) bond motifs is 2. The first-order chi connectivity index (χ1) is 9.67. The molecule has 0 spiro atoms. The molecule has 110 valence electrons. The summed E-state index contributed by atoms with van der Waals surface area (Å²) in [6.45, 7) is 0. The zero-order chi connectivity index (χ0) is 14.1. The van der Waals surface area contributed by atoms with Gasteiger partial charge in [-0.15, -0.1) is 0 Å². The van der Waals surface area contributed by atoms with Gasteiger partial charge in [-0.1, -0.05) is 23.7 Å². The summed E-state index contributed by atoms with van der Waals surface area (Å²) >= 11 is 6.11. The van der Waals surface area contributed by atoms with Crippen molar-refractivity contribution < 1.29 is 0 Å². The van der Waals surface area contributed by atoms with Crippen LogP contribution in [0.1, 0.15) is 31.2 Å². The maximum Gasteiger partial charge on any atom is 0.0408 e. The minimum Gasteiger partial charge on any atom is -0.316 e. The van der Waals surface area contributed by atoms with E-state index in [-0.39, 0.29) is 0 Å². The normalized spacial score (nSPS) is 31.4. The summed E-state index contributed by atoms with van der Waals surface area (Å²) in [4.78, 5) is 2.61. The van der Waals surface area contributed by atoms with Crippen LogP contribution in [0.25, 0.3) is 0 Å². The van der Waals surface area contributed by atoms with Gasteiger partial charge >= 0.3 is 0 Å². The van der Waals surface area contributed by atoms with Gasteiger partial charge in [0, 0.05) is 23.1 Å². The molecule has 2 aliphatic rings. The summed E-state index contributed by atoms with van der Waals surface area (Å²) in [5.41, 5.74) is 1.35. The Bertz CT molecular complexity index is 448. The number of nitrogens with one attached hydrogen (secondary N) is 1. The van der Waals surface area contributed by atoms with Gasteiger partial charge < -0.3 is 10.2 Å². The van der Waals surface area contributed by atoms with Gasteiger partial charge in [-0.2, -0.15) is 0 Å². The molecule has 1 aromatic rings. The Morgan fingerprint density at radius 2 is 2.00 bits per heavy atom. The molecule has 2 saturated heterocycles. The highest BCUT2D eigenvalue weighted by atomic mass is 35.5. The molecule has 2 aliphatic heterocycles. The van der Waals surface area contributed by atoms with Crippen LogP contribution in [0, 0.1) is 5.92 Å². The number of rotatable bonds is 4. The zero-order valence-corrected chi connectivity index (χ0v) is 13.2. The Morgan fingerprint density at radius 3 is 2.60 bits per heavy atom. The van der Waals surface area contributed by atoms with E-state index < -0.39 is 0 Å². The maximum atomic E-state index is 6.11. The molecular weight excluding hydrogens is 268 g/mol. The van der Waals surface area contributed by atoms with E-state index in [1.54, 1.807) is 0 Å². The Hall–Kier alpha value is -0.570. The number of piperidine rings is 1. The molecule has 2 bridgehead atoms. The van der Waals surface area contributed by atoms with Crippen molar-refractivity contribution in [2.24, 2.45) is 5.92 Å². The maximum absolute atomic E-state index is 6.11. The van der Waals surface area contributed by atoms with Gasteiger partial charge in [-0.25, -0.2) is 0 Å². The van der Waals surface area contributed by atoms with E-state index in [9.17, 15) is 0 Å². The van der Waals surface area contributed by atoms with E-state index >= 15 is 0 Å². The molecule has 2 fully saturated rings. The van der Waals surface area contributed by atoms with Crippen molar-refractivity contribution in [1.29, 1.82) is 0 Å². The van der Waals surface area contributed by atoms with Crippen LogP contribution in [0.2, 0.25) is 5.02 Å². The molecule has 0 aromatic heterocycles. The second-order valence-electron chi connectivity index (χ2n) is 6.51. The van der Waals surface area contributed by atoms with Crippen LogP contribution in [0.5, 0.6) is 0 Å². The summed E-state index contributed by atoms with van der Waals surface area (Å²) in [6, 6.07) is 10.5. The van der Waals surface area contributed by atoms with Crippen molar-refractivity contribution >= 4 is 11.6 Å². The smallest absolute Gasteiger partial charge is 0.0408 e. The molecule has 1 aromatic carbocycles. The van der Waals surface area contributed by atoms with Crippen LogP contribution in [-0.2, 0) is 6.42 Å². The lowest BCUT2D eigenvalue weighted by molar-refractivity contribution is 0.114. The number of halogens is 1. The number of likely N-dealkylation sites (N-methyl/N-ethyl adjacent to an activating group) is 1. The van der Waals surface area contributed by atoms with Crippen molar-refractivity contribution in [3.63, 3.8) is 0 Å². The van der Waals surface area contributed by atoms with Crippen LogP contribution < -0.4 is 5.32 Å². The summed E-state index contributed by atoms with van der Waals surface area (Å²) in [5, 5.41) is 4.41. The topological polar surface area (TPSA) is 15.3 Å². The molecule has 3 rings (SSSR count). The van der Waals surface area contributed by atoms with Crippen molar-refractivity contribution in [1.82, 2.24) is 10.2 Å². The SMILES string of the molecule is CNC(Cc1cccc(Cl)c1)C1CC2CCC(C1)N2C. The molecule has 3 heteroatoms. The lowest BCUT2D eigenvalue weighted by Gasteiger charge is -2.40. The van der Waals surface area contributed by atoms with Crippen LogP contribution in [0.4, 0.5) is 0 Å². The predicted octanol–water partition coefficient (Wildman–Crippen LogP) is 3.34. The molecule has 0 radical (unpaired) electrons. The van der Waals surface area contributed by atoms with Gasteiger partial charge in [0.05, 0.1) is 0 Å². The van der Waals surface area contributed by atoms with E-state index in [0.29, 0.717) is 6.04 Å². The van der Waals surface area contributed by atoms with Gasteiger partial charge in [0.15, 0.2) is 0 Å². The van der Waals surface area contributed by atoms with Gasteiger partial charge in [0.25, 0.3) is 0 Å². The monoisotopic (exact) mass is 292 g/mol. The summed E-state index contributed by atoms with van der Waals surface area (Å²) < 4.78 is 0. The van der Waals surface area contributed by atoms with E-state index in [1.165, 1.54) is 31.2 Å². The van der Waals surface area contributed by atoms with Crippen LogP contribution >= 0.6 is 11.6 Å². The number of nitrogens with zero attached hydrogens (tertiary/aromatic N) is 1. The summed E-state index contributed by atoms with van der Waals surface area (Å²) in [5.74, 6) is 0.799. The standard InChI is InChI=1S/C17H25ClN2/c1-19-17(9-12-4-3-5-14(18)8-12)13-10-15-6-7-16(11-13)20(15)2/h3-5,8,13,15-17,19H,6-7,9-11H2,1-2H3. The fourth-order valence-corrected chi connectivity index (χ4v) is 4.42. The molecule has 0 saturated carbocycles. The van der Waals surface area contributed by atoms with E-state index in [4.69, 9.17) is 11.6 Å². The van der Waals surface area contributed by atoms with Gasteiger partial charge in [0.1, 0.15) is 0 Å². The third kappa shape index (κ3) is 2.88. The van der Waals surface area contributed by atoms with Crippen molar-refractivity contribution in [3.8, 4) is 0 Å². The third-order valence-corrected chi connectivity index (χ3v) is 5.65. The van der Waals surface area contributed by atoms with E-state index in [2.05, 4.69) is 42.5 Å². The molecule has 0 aliphatic carbocycles. The lowest BCUT2D eigenvalue weighted by atomic mass is 9.82. The quantitative estimate of drug-likeness (QED) is 0.916. The molecule has 3 unspecified atom stereocenters. The lowest BCUT2D eigenvalue weighted by Crippen LogP contribution is -2.47. The Balaban J connectivity index is 1.68. The second kappa shape index (κ2) is 6.05. The molecule has 2 nitrogen and oxygen atoms in total. The zero-order valence-electron chi connectivity index (χ0n) is 12.5. The highest BCUT2D eigenvalue weighted by Crippen LogP contribution is 2.39. The largest absolute Gasteiger partial charge is 0.316 e. The highest BCUT2D eigenvalue weighted by molar-refractivity contribution is 6.30. The van der Waals surface area contributed by atoms with Crippen molar-refractivity contribution in [2.45, 2.75) is 50.2 Å². The fourth-order valence-electron chi connectivity index (χ4n) is 4.20. The van der Waals surface area contributed by atoms with E-state index in [0.717, 1.165) is 29.4 Å². The predicted molar refractivity (Wildman–Crippen MR) is 85.3 cm³/mol. The third-order valence-electron chi connectivity index (χ3n) is 5.42. The van der Waals surface area contributed by atoms with Crippen molar-refractivity contribution in [2.75, 3.05) is 14.1 Å². The Labute approximate surface area is 127 Å². The van der Waals surface area contributed by atoms with Crippen LogP contribution in [0.15, 0.2) is 24.3 Å². The Morgan fingerprint density at radius 1 is 1.30 bits per heavy atom. The highest BCUT2D eigenvalue weighted by Gasteiger charge is 2.40. The average molecular weight is 293 g/mol. The first kappa shape index (κ1) is 14.4. The summed E-state index contributed by atoms with van der Waals surface area (Å²) in [6.07, 6.45) is 6.57. The molecule has 1 N–H and O–H groups in total. The molecule has 20 heavy (non-hydrogen) atoms. The second-order valence-corrected chi connectivity index (χ2v) is 6.95. The minimum atomic E-state index is 0.574. The fraction of sp³-hybridized carbons (Fsp3) is 0.647. The van der Waals surface area contributed by atoms with Crippen LogP contribution in [0.3, 0.4) is 0 Å². The minimum absolute atomic E-state index is 0.574. The van der Waals surface area contributed by atoms with E-state index in [1.807, 2.05) is 6.07 Å². The summed E-state index contributed by atoms with van der Waals surface area (Å²) in [7, 11) is 4.42. The number of hydrogen-bond donors (Lipinski definition) is 1. The number of hydrogen-bond acceptors (Lipinski definition) is 2. The van der Waals surface area contributed by atoms with Crippen LogP contribution in [-0.4, -0.2) is 37.1 Å². The molecule has 0 amide bonds. The molecule has 2 heterocycles.